The van der Waals surface area contributed by atoms with E-state index in [2.05, 4.69) is 20.5 Å². The highest BCUT2D eigenvalue weighted by Crippen LogP contribution is 2.24. The van der Waals surface area contributed by atoms with Crippen molar-refractivity contribution >= 4 is 28.9 Å². The molecule has 0 bridgehead atoms. The minimum atomic E-state index is -0.387. The number of aromatic nitrogens is 4. The summed E-state index contributed by atoms with van der Waals surface area (Å²) in [4.78, 5) is 15.3. The maximum absolute atomic E-state index is 12.2. The first kappa shape index (κ1) is 20.9. The highest BCUT2D eigenvalue weighted by atomic mass is 35.5. The fraction of sp³-hybridized carbons (Fsp3) is 0.227. The van der Waals surface area contributed by atoms with E-state index in [4.69, 9.17) is 21.1 Å². The Labute approximate surface area is 184 Å². The van der Waals surface area contributed by atoms with Gasteiger partial charge in [0.15, 0.2) is 18.3 Å². The van der Waals surface area contributed by atoms with Gasteiger partial charge in [0.25, 0.3) is 0 Å². The van der Waals surface area contributed by atoms with E-state index in [-0.39, 0.29) is 19.5 Å². The molecular weight excluding hydrogens is 418 g/mol. The maximum Gasteiger partial charge on any atom is 0.340 e. The molecule has 0 amide bonds. The van der Waals surface area contributed by atoms with Crippen LogP contribution in [-0.4, -0.2) is 39.3 Å². The first-order chi connectivity index (χ1) is 15.1. The van der Waals surface area contributed by atoms with E-state index >= 15 is 0 Å². The third-order valence-electron chi connectivity index (χ3n) is 4.83. The molecule has 31 heavy (non-hydrogen) atoms. The molecule has 0 saturated heterocycles. The molecule has 0 spiro atoms. The average Bonchev–Trinajstić information content (AvgIpc) is 3.32. The molecule has 2 heterocycles. The molecule has 0 radical (unpaired) electrons. The first-order valence-corrected chi connectivity index (χ1v) is 10.2. The van der Waals surface area contributed by atoms with Gasteiger partial charge in [0.2, 0.25) is 0 Å². The van der Waals surface area contributed by atoms with Gasteiger partial charge in [-0.15, -0.1) is 9.73 Å². The largest absolute Gasteiger partial charge is 0.435 e. The van der Waals surface area contributed by atoms with Crippen molar-refractivity contribution < 1.29 is 14.3 Å². The number of benzene rings is 2. The van der Waals surface area contributed by atoms with Crippen molar-refractivity contribution in [2.45, 2.75) is 20.3 Å². The zero-order valence-electron chi connectivity index (χ0n) is 17.2. The third-order valence-corrected chi connectivity index (χ3v) is 5.28. The number of nitrogens with zero attached hydrogens (tertiary/aromatic N) is 3. The van der Waals surface area contributed by atoms with Crippen LogP contribution >= 0.6 is 11.6 Å². The Hall–Kier alpha value is -3.36. The number of ether oxygens (including phenoxy) is 2. The summed E-state index contributed by atoms with van der Waals surface area (Å²) in [5, 5.41) is 12.3. The molecule has 2 aromatic carbocycles. The Balaban J connectivity index is 1.26. The number of hydrogen-bond acceptors (Lipinski definition) is 6. The van der Waals surface area contributed by atoms with E-state index < -0.39 is 0 Å². The van der Waals surface area contributed by atoms with Crippen molar-refractivity contribution in [2.24, 2.45) is 0 Å². The second-order valence-electron chi connectivity index (χ2n) is 6.87. The van der Waals surface area contributed by atoms with E-state index in [0.717, 1.165) is 28.9 Å². The zero-order valence-corrected chi connectivity index (χ0v) is 17.9. The van der Waals surface area contributed by atoms with Gasteiger partial charge in [-0.3, -0.25) is 0 Å². The molecule has 0 aliphatic carbocycles. The average molecular weight is 440 g/mol. The molecule has 0 aliphatic heterocycles. The van der Waals surface area contributed by atoms with E-state index in [1.165, 1.54) is 4.63 Å². The van der Waals surface area contributed by atoms with Crippen LogP contribution in [0.5, 0.6) is 0 Å². The fourth-order valence-corrected chi connectivity index (χ4v) is 3.32. The van der Waals surface area contributed by atoms with Crippen molar-refractivity contribution in [1.29, 1.82) is 0 Å². The fourth-order valence-electron chi connectivity index (χ4n) is 3.16. The van der Waals surface area contributed by atoms with Gasteiger partial charge in [-0.25, -0.2) is 4.79 Å². The lowest BCUT2D eigenvalue weighted by Gasteiger charge is -2.10. The molecule has 4 aromatic rings. The predicted molar refractivity (Wildman–Crippen MR) is 118 cm³/mol. The number of nitrogens with one attached hydrogen (secondary N) is 2. The predicted octanol–water partition coefficient (Wildman–Crippen LogP) is 4.45. The minimum Gasteiger partial charge on any atom is -0.435 e. The highest BCUT2D eigenvalue weighted by Gasteiger charge is 2.13. The molecular formula is C22H22ClN5O3. The summed E-state index contributed by atoms with van der Waals surface area (Å²) < 4.78 is 12.1. The Bertz CT molecular complexity index is 1200. The molecule has 0 aliphatic rings. The standard InChI is InChI=1S/C22H22ClN5O3/c1-3-15-6-4-5-7-18(15)22(29)31-13-30-12-24-17-10-8-16(9-11-17)20-25-21-19(23)14(2)26-28(21)27-20/h4-11,24H,3,12-13H2,1-2H3,(H,25,27). The van der Waals surface area contributed by atoms with Crippen LogP contribution in [0.25, 0.3) is 17.0 Å². The molecule has 0 fully saturated rings. The van der Waals surface area contributed by atoms with Crippen molar-refractivity contribution in [2.75, 3.05) is 18.8 Å². The van der Waals surface area contributed by atoms with Gasteiger partial charge in [0.1, 0.15) is 11.8 Å². The smallest absolute Gasteiger partial charge is 0.340 e. The van der Waals surface area contributed by atoms with Crippen LogP contribution in [0.2, 0.25) is 5.02 Å². The molecule has 8 nitrogen and oxygen atoms in total. The number of aryl methyl sites for hydroxylation is 2. The van der Waals surface area contributed by atoms with Crippen LogP contribution in [0.1, 0.15) is 28.5 Å². The summed E-state index contributed by atoms with van der Waals surface area (Å²) in [6, 6.07) is 15.0. The van der Waals surface area contributed by atoms with E-state index in [1.807, 2.05) is 56.3 Å². The SMILES string of the molecule is CCc1ccccc1C(=O)OCOCNc1ccc(-c2nn3nc(C)c(Cl)c3[nH]2)cc1. The first-order valence-electron chi connectivity index (χ1n) is 9.85. The highest BCUT2D eigenvalue weighted by molar-refractivity contribution is 6.34. The third kappa shape index (κ3) is 4.55. The molecule has 9 heteroatoms. The summed E-state index contributed by atoms with van der Waals surface area (Å²) in [6.45, 7) is 3.90. The molecule has 160 valence electrons. The lowest BCUT2D eigenvalue weighted by molar-refractivity contribution is -0.0260. The quantitative estimate of drug-likeness (QED) is 0.239. The number of halogens is 1. The summed E-state index contributed by atoms with van der Waals surface area (Å²) in [7, 11) is 0. The molecule has 2 N–H and O–H groups in total. The van der Waals surface area contributed by atoms with Crippen LogP contribution in [0.15, 0.2) is 48.5 Å². The number of carbonyl (C=O) groups excluding carboxylic acids is 1. The lowest BCUT2D eigenvalue weighted by atomic mass is 10.1. The number of hydrogen-bond donors (Lipinski definition) is 2. The van der Waals surface area contributed by atoms with Crippen molar-refractivity contribution in [3.8, 4) is 11.4 Å². The lowest BCUT2D eigenvalue weighted by Crippen LogP contribution is -2.14. The second-order valence-corrected chi connectivity index (χ2v) is 7.25. The molecule has 0 atom stereocenters. The van der Waals surface area contributed by atoms with Gasteiger partial charge in [-0.05, 0) is 49.2 Å². The molecule has 4 rings (SSSR count). The summed E-state index contributed by atoms with van der Waals surface area (Å²) in [5.74, 6) is 0.286. The van der Waals surface area contributed by atoms with Crippen molar-refractivity contribution in [1.82, 2.24) is 19.8 Å². The summed E-state index contributed by atoms with van der Waals surface area (Å²) in [6.07, 6.45) is 0.765. The number of aromatic amines is 1. The topological polar surface area (TPSA) is 93.5 Å². The van der Waals surface area contributed by atoms with Crippen LogP contribution in [0, 0.1) is 6.92 Å². The van der Waals surface area contributed by atoms with Gasteiger partial charge in [-0.1, -0.05) is 36.7 Å². The molecule has 0 saturated carbocycles. The van der Waals surface area contributed by atoms with Crippen LogP contribution < -0.4 is 5.32 Å². The van der Waals surface area contributed by atoms with Crippen LogP contribution in [0.4, 0.5) is 5.69 Å². The molecule has 0 unspecified atom stereocenters. The monoisotopic (exact) mass is 439 g/mol. The van der Waals surface area contributed by atoms with E-state index in [9.17, 15) is 4.79 Å². The zero-order chi connectivity index (χ0) is 21.8. The van der Waals surface area contributed by atoms with E-state index in [1.54, 1.807) is 6.07 Å². The minimum absolute atomic E-state index is 0.131. The van der Waals surface area contributed by atoms with Crippen molar-refractivity contribution in [3.05, 3.63) is 70.4 Å². The van der Waals surface area contributed by atoms with E-state index in [0.29, 0.717) is 22.1 Å². The number of anilines is 1. The number of esters is 1. The second kappa shape index (κ2) is 9.20. The Morgan fingerprint density at radius 3 is 2.68 bits per heavy atom. The number of rotatable bonds is 8. The number of carbonyl (C=O) groups is 1. The number of H-pyrrole nitrogens is 1. The summed E-state index contributed by atoms with van der Waals surface area (Å²) in [5.41, 5.74) is 4.67. The van der Waals surface area contributed by atoms with Gasteiger partial charge in [-0.2, -0.15) is 5.10 Å². The van der Waals surface area contributed by atoms with Gasteiger partial charge < -0.3 is 19.8 Å². The van der Waals surface area contributed by atoms with Crippen LogP contribution in [-0.2, 0) is 15.9 Å². The Morgan fingerprint density at radius 1 is 1.16 bits per heavy atom. The van der Waals surface area contributed by atoms with Gasteiger partial charge in [0, 0.05) is 11.3 Å². The Kier molecular flexibility index (Phi) is 6.20. The molecule has 2 aromatic heterocycles. The van der Waals surface area contributed by atoms with Gasteiger partial charge >= 0.3 is 5.97 Å². The maximum atomic E-state index is 12.2. The van der Waals surface area contributed by atoms with Gasteiger partial charge in [0.05, 0.1) is 11.3 Å². The Morgan fingerprint density at radius 2 is 1.94 bits per heavy atom. The van der Waals surface area contributed by atoms with Crippen LogP contribution in [0.3, 0.4) is 0 Å². The summed E-state index contributed by atoms with van der Waals surface area (Å²) >= 11 is 6.21. The number of fused-ring (bicyclic) bond motifs is 1. The van der Waals surface area contributed by atoms with Crippen molar-refractivity contribution in [3.63, 3.8) is 0 Å². The normalized spacial score (nSPS) is 11.1.